The molecule has 5 heteroatoms. The van der Waals surface area contributed by atoms with Crippen LogP contribution in [0.5, 0.6) is 0 Å². The molecule has 2 heterocycles. The quantitative estimate of drug-likeness (QED) is 0.720. The molecule has 0 spiro atoms. The molecule has 2 nitrogen and oxygen atoms in total. The molecule has 2 aliphatic heterocycles. The Bertz CT molecular complexity index is 874. The second-order valence-electron chi connectivity index (χ2n) is 5.47. The van der Waals surface area contributed by atoms with E-state index in [-0.39, 0.29) is 5.02 Å². The molecule has 0 bridgehead atoms. The molecule has 2 aromatic carbocycles. The van der Waals surface area contributed by atoms with E-state index in [2.05, 4.69) is 35.9 Å². The fourth-order valence-corrected chi connectivity index (χ4v) is 4.89. The van der Waals surface area contributed by atoms with Gasteiger partial charge in [0.15, 0.2) is 0 Å². The first-order valence-corrected chi connectivity index (χ1v) is 9.98. The summed E-state index contributed by atoms with van der Waals surface area (Å²) in [5.41, 5.74) is 7.59. The molecule has 0 amide bonds. The summed E-state index contributed by atoms with van der Waals surface area (Å²) in [5.74, 6) is -0.412. The van der Waals surface area contributed by atoms with E-state index in [1.54, 1.807) is 12.1 Å². The van der Waals surface area contributed by atoms with Gasteiger partial charge in [0, 0.05) is 0 Å². The van der Waals surface area contributed by atoms with E-state index in [9.17, 15) is 4.39 Å². The summed E-state index contributed by atoms with van der Waals surface area (Å²) < 4.78 is 14.7. The first-order valence-electron chi connectivity index (χ1n) is 7.54. The molecule has 24 heavy (non-hydrogen) atoms. The summed E-state index contributed by atoms with van der Waals surface area (Å²) in [5, 5.41) is 3.22. The van der Waals surface area contributed by atoms with Crippen molar-refractivity contribution in [1.82, 2.24) is 5.01 Å². The van der Waals surface area contributed by atoms with Gasteiger partial charge in [-0.1, -0.05) is 0 Å². The molecule has 1 N–H and O–H groups in total. The molecule has 2 aromatic rings. The van der Waals surface area contributed by atoms with Crippen molar-refractivity contribution < 1.29 is 4.39 Å². The molecule has 0 fully saturated rings. The van der Waals surface area contributed by atoms with E-state index >= 15 is 0 Å². The van der Waals surface area contributed by atoms with Crippen LogP contribution in [0.3, 0.4) is 0 Å². The zero-order valence-corrected chi connectivity index (χ0v) is 15.1. The molecule has 0 aliphatic carbocycles. The minimum atomic E-state index is -0.412. The van der Waals surface area contributed by atoms with Gasteiger partial charge in [-0.25, -0.2) is 0 Å². The van der Waals surface area contributed by atoms with Gasteiger partial charge in [0.2, 0.25) is 0 Å². The Labute approximate surface area is 151 Å². The molecule has 0 atom stereocenters. The number of anilines is 1. The monoisotopic (exact) mass is 404 g/mol. The van der Waals surface area contributed by atoms with E-state index in [4.69, 9.17) is 11.6 Å². The van der Waals surface area contributed by atoms with Crippen LogP contribution in [0.25, 0.3) is 5.57 Å². The zero-order valence-electron chi connectivity index (χ0n) is 12.7. The summed E-state index contributed by atoms with van der Waals surface area (Å²) in [6.45, 7) is 0. The predicted molar refractivity (Wildman–Crippen MR) is 98.0 cm³/mol. The number of rotatable bonds is 3. The molecule has 0 unspecified atom stereocenters. The van der Waals surface area contributed by atoms with Gasteiger partial charge >= 0.3 is 151 Å². The van der Waals surface area contributed by atoms with Crippen LogP contribution in [-0.4, -0.2) is 20.0 Å². The number of hydrogen-bond donors (Lipinski definition) is 1. The summed E-state index contributed by atoms with van der Waals surface area (Å²) >= 11 is 6.34. The van der Waals surface area contributed by atoms with E-state index < -0.39 is 5.82 Å². The number of hydrogen-bond acceptors (Lipinski definition) is 2. The molecule has 0 saturated carbocycles. The Hall–Kier alpha value is -2.00. The van der Waals surface area contributed by atoms with Gasteiger partial charge in [0.25, 0.3) is 0 Å². The van der Waals surface area contributed by atoms with E-state index in [0.717, 1.165) is 16.6 Å². The standard InChI is InChI=1S/C19H14ClFN2Se/c20-16-11-15(6-7-17(16)21)22-23-12-14(13-4-2-1-3-5-13)10-19-18(23)8-9-24-19/h1-8,10-12,22H,9H2. The van der Waals surface area contributed by atoms with E-state index in [1.165, 1.54) is 21.8 Å². The van der Waals surface area contributed by atoms with Gasteiger partial charge in [-0.15, -0.1) is 0 Å². The van der Waals surface area contributed by atoms with Crippen molar-refractivity contribution in [2.45, 2.75) is 5.32 Å². The van der Waals surface area contributed by atoms with Crippen molar-refractivity contribution in [2.24, 2.45) is 0 Å². The molecule has 0 aromatic heterocycles. The molecule has 2 aliphatic rings. The van der Waals surface area contributed by atoms with E-state index in [1.807, 2.05) is 23.2 Å². The fraction of sp³-hybridized carbons (Fsp3) is 0.0526. The number of nitrogens with one attached hydrogen (secondary N) is 1. The Balaban J connectivity index is 1.69. The molecule has 0 saturated heterocycles. The second kappa shape index (κ2) is 6.48. The third kappa shape index (κ3) is 3.01. The number of fused-ring (bicyclic) bond motifs is 1. The van der Waals surface area contributed by atoms with Gasteiger partial charge in [0.05, 0.1) is 0 Å². The molecule has 4 rings (SSSR count). The van der Waals surface area contributed by atoms with Crippen molar-refractivity contribution in [2.75, 3.05) is 5.43 Å². The minimum absolute atomic E-state index is 0.115. The average molecular weight is 404 g/mol. The van der Waals surface area contributed by atoms with Gasteiger partial charge in [0.1, 0.15) is 0 Å². The number of hydrazine groups is 1. The van der Waals surface area contributed by atoms with Crippen LogP contribution in [0.2, 0.25) is 10.3 Å². The van der Waals surface area contributed by atoms with Crippen molar-refractivity contribution in [1.29, 1.82) is 0 Å². The van der Waals surface area contributed by atoms with Crippen molar-refractivity contribution in [3.63, 3.8) is 0 Å². The van der Waals surface area contributed by atoms with Crippen molar-refractivity contribution in [3.05, 3.63) is 93.5 Å². The summed E-state index contributed by atoms with van der Waals surface area (Å²) in [6, 6.07) is 15.0. The van der Waals surface area contributed by atoms with Crippen LogP contribution in [0, 0.1) is 5.82 Å². The first kappa shape index (κ1) is 15.5. The Morgan fingerprint density at radius 1 is 1.12 bits per heavy atom. The number of allylic oxidation sites excluding steroid dienone is 4. The van der Waals surface area contributed by atoms with E-state index in [0.29, 0.717) is 15.0 Å². The summed E-state index contributed by atoms with van der Waals surface area (Å²) in [4.78, 5) is 0. The van der Waals surface area contributed by atoms with Crippen LogP contribution in [-0.2, 0) is 0 Å². The van der Waals surface area contributed by atoms with Gasteiger partial charge < -0.3 is 0 Å². The first-order chi connectivity index (χ1) is 11.7. The fourth-order valence-electron chi connectivity index (χ4n) is 2.69. The molecule has 120 valence electrons. The Kier molecular flexibility index (Phi) is 4.19. The Morgan fingerprint density at radius 2 is 1.96 bits per heavy atom. The Morgan fingerprint density at radius 3 is 2.75 bits per heavy atom. The van der Waals surface area contributed by atoms with Gasteiger partial charge in [-0.05, 0) is 0 Å². The van der Waals surface area contributed by atoms with Crippen LogP contribution < -0.4 is 5.43 Å². The summed E-state index contributed by atoms with van der Waals surface area (Å²) in [7, 11) is 0. The van der Waals surface area contributed by atoms with Crippen LogP contribution in [0.15, 0.2) is 77.1 Å². The third-order valence-electron chi connectivity index (χ3n) is 3.86. The normalized spacial score (nSPS) is 16.2. The van der Waals surface area contributed by atoms with Gasteiger partial charge in [-0.3, -0.25) is 0 Å². The number of benzene rings is 2. The number of halogens is 2. The van der Waals surface area contributed by atoms with Crippen molar-refractivity contribution in [3.8, 4) is 0 Å². The molecule has 0 radical (unpaired) electrons. The van der Waals surface area contributed by atoms with Crippen LogP contribution >= 0.6 is 11.6 Å². The molecular weight excluding hydrogens is 390 g/mol. The number of nitrogens with zero attached hydrogens (tertiary/aromatic N) is 1. The SMILES string of the molecule is Fc1ccc(NN2C=C(c3ccccc3)C=C3[Se]CC=C32)cc1Cl. The van der Waals surface area contributed by atoms with Gasteiger partial charge in [-0.2, -0.15) is 0 Å². The zero-order chi connectivity index (χ0) is 16.5. The van der Waals surface area contributed by atoms with Crippen molar-refractivity contribution >= 4 is 37.8 Å². The third-order valence-corrected chi connectivity index (χ3v) is 6.19. The second-order valence-corrected chi connectivity index (χ2v) is 8.11. The maximum absolute atomic E-state index is 13.4. The average Bonchev–Trinajstić information content (AvgIpc) is 3.08. The van der Waals surface area contributed by atoms with Crippen LogP contribution in [0.1, 0.15) is 5.56 Å². The molecular formula is C19H14ClFN2Se. The van der Waals surface area contributed by atoms with Crippen LogP contribution in [0.4, 0.5) is 10.1 Å². The summed E-state index contributed by atoms with van der Waals surface area (Å²) in [6.07, 6.45) is 6.58. The topological polar surface area (TPSA) is 15.3 Å². The predicted octanol–water partition coefficient (Wildman–Crippen LogP) is 5.07. The maximum atomic E-state index is 13.4.